The van der Waals surface area contributed by atoms with Crippen LogP contribution in [0, 0.1) is 6.92 Å². The molecule has 2 aromatic carbocycles. The van der Waals surface area contributed by atoms with E-state index in [1.807, 2.05) is 0 Å². The van der Waals surface area contributed by atoms with E-state index in [9.17, 15) is 4.79 Å². The van der Waals surface area contributed by atoms with Gasteiger partial charge in [-0.25, -0.2) is 5.43 Å². The first-order valence-corrected chi connectivity index (χ1v) is 10.5. The number of nitrogens with one attached hydrogen (secondary N) is 1. The van der Waals surface area contributed by atoms with Crippen LogP contribution in [0.15, 0.2) is 41.5 Å². The smallest absolute Gasteiger partial charge is 0.272 e. The molecule has 29 heavy (non-hydrogen) atoms. The lowest BCUT2D eigenvalue weighted by molar-refractivity contribution is 0.0955. The highest BCUT2D eigenvalue weighted by Crippen LogP contribution is 2.45. The van der Waals surface area contributed by atoms with E-state index >= 15 is 0 Å². The molecule has 0 aromatic heterocycles. The Morgan fingerprint density at radius 2 is 2.00 bits per heavy atom. The first-order valence-electron chi connectivity index (χ1n) is 10.1. The van der Waals surface area contributed by atoms with E-state index < -0.39 is 0 Å². The molecule has 0 aliphatic carbocycles. The van der Waals surface area contributed by atoms with Crippen LogP contribution in [0.5, 0.6) is 0 Å². The van der Waals surface area contributed by atoms with Gasteiger partial charge in [0.25, 0.3) is 5.91 Å². The van der Waals surface area contributed by atoms with E-state index in [0.29, 0.717) is 22.5 Å². The van der Waals surface area contributed by atoms with Crippen molar-refractivity contribution in [3.63, 3.8) is 0 Å². The number of hydrazone groups is 1. The summed E-state index contributed by atoms with van der Waals surface area (Å²) in [6.07, 6.45) is 2.82. The number of carbonyl (C=O) groups excluding carboxylic acids is 1. The van der Waals surface area contributed by atoms with Crippen LogP contribution < -0.4 is 10.3 Å². The summed E-state index contributed by atoms with van der Waals surface area (Å²) in [7, 11) is 0. The molecular weight excluding hydrogens is 382 g/mol. The minimum Gasteiger partial charge on any atom is -0.364 e. The number of amides is 1. The molecule has 0 saturated carbocycles. The van der Waals surface area contributed by atoms with Gasteiger partial charge in [-0.15, -0.1) is 0 Å². The zero-order valence-electron chi connectivity index (χ0n) is 18.1. The Balaban J connectivity index is 1.87. The van der Waals surface area contributed by atoms with Gasteiger partial charge in [0.05, 0.1) is 16.8 Å². The molecule has 5 heteroatoms. The van der Waals surface area contributed by atoms with Crippen molar-refractivity contribution in [2.75, 3.05) is 4.90 Å². The molecule has 1 unspecified atom stereocenters. The van der Waals surface area contributed by atoms with Gasteiger partial charge in [-0.05, 0) is 87.9 Å². The summed E-state index contributed by atoms with van der Waals surface area (Å²) < 4.78 is 0. The summed E-state index contributed by atoms with van der Waals surface area (Å²) in [6, 6.07) is 11.8. The number of rotatable bonds is 4. The van der Waals surface area contributed by atoms with Gasteiger partial charge in [0.1, 0.15) is 0 Å². The number of carbonyl (C=O) groups is 1. The van der Waals surface area contributed by atoms with Crippen molar-refractivity contribution < 1.29 is 4.79 Å². The average Bonchev–Trinajstić information content (AvgIpc) is 2.61. The third kappa shape index (κ3) is 4.32. The Bertz CT molecular complexity index is 949. The highest BCUT2D eigenvalue weighted by atomic mass is 35.5. The van der Waals surface area contributed by atoms with Crippen molar-refractivity contribution in [2.45, 2.75) is 65.5 Å². The van der Waals surface area contributed by atoms with Gasteiger partial charge < -0.3 is 4.90 Å². The molecule has 1 aliphatic heterocycles. The van der Waals surface area contributed by atoms with Crippen molar-refractivity contribution in [1.29, 1.82) is 0 Å². The van der Waals surface area contributed by atoms with Crippen molar-refractivity contribution in [1.82, 2.24) is 5.43 Å². The Hall–Kier alpha value is -2.33. The first-order chi connectivity index (χ1) is 13.6. The van der Waals surface area contributed by atoms with Crippen molar-refractivity contribution >= 4 is 29.4 Å². The molecule has 4 nitrogen and oxygen atoms in total. The second-order valence-corrected chi connectivity index (χ2v) is 9.24. The van der Waals surface area contributed by atoms with Crippen LogP contribution in [0.25, 0.3) is 0 Å². The maximum absolute atomic E-state index is 12.3. The highest BCUT2D eigenvalue weighted by Gasteiger charge is 2.37. The Morgan fingerprint density at radius 1 is 1.31 bits per heavy atom. The minimum absolute atomic E-state index is 0.117. The van der Waals surface area contributed by atoms with Gasteiger partial charge in [0.2, 0.25) is 0 Å². The van der Waals surface area contributed by atoms with Crippen LogP contribution in [0.1, 0.15) is 74.0 Å². The lowest BCUT2D eigenvalue weighted by atomic mass is 9.78. The average molecular weight is 412 g/mol. The monoisotopic (exact) mass is 411 g/mol. The third-order valence-electron chi connectivity index (χ3n) is 5.67. The molecule has 0 fully saturated rings. The zero-order valence-corrected chi connectivity index (χ0v) is 18.8. The largest absolute Gasteiger partial charge is 0.364 e. The number of benzene rings is 2. The molecule has 0 saturated heterocycles. The third-order valence-corrected chi connectivity index (χ3v) is 6.00. The fourth-order valence-electron chi connectivity index (χ4n) is 4.60. The van der Waals surface area contributed by atoms with Crippen LogP contribution in [-0.2, 0) is 0 Å². The number of hydrogen-bond donors (Lipinski definition) is 1. The van der Waals surface area contributed by atoms with E-state index in [-0.39, 0.29) is 11.4 Å². The summed E-state index contributed by atoms with van der Waals surface area (Å²) in [5.41, 5.74) is 7.90. The molecule has 1 amide bonds. The fraction of sp³-hybridized carbons (Fsp3) is 0.417. The maximum Gasteiger partial charge on any atom is 0.272 e. The number of anilines is 1. The fourth-order valence-corrected chi connectivity index (χ4v) is 4.82. The maximum atomic E-state index is 12.3. The molecule has 0 bridgehead atoms. The summed E-state index contributed by atoms with van der Waals surface area (Å²) >= 11 is 6.08. The summed E-state index contributed by atoms with van der Waals surface area (Å²) in [6.45, 7) is 13.5. The molecule has 3 rings (SSSR count). The standard InChI is InChI=1S/C24H30ClN3O/c1-15(2)28-22-11-16(3)18(12-20(22)17(4)13-24(28,5)6)14-26-27-23(29)19-9-7-8-10-21(19)25/h7-12,14-15,17H,13H2,1-6H3,(H,27,29)/b26-14+. The normalized spacial score (nSPS) is 18.2. The molecule has 154 valence electrons. The molecule has 1 atom stereocenters. The van der Waals surface area contributed by atoms with Crippen molar-refractivity contribution in [2.24, 2.45) is 5.10 Å². The van der Waals surface area contributed by atoms with Gasteiger partial charge in [0, 0.05) is 17.3 Å². The van der Waals surface area contributed by atoms with Crippen LogP contribution in [0.4, 0.5) is 5.69 Å². The van der Waals surface area contributed by atoms with Crippen LogP contribution >= 0.6 is 11.6 Å². The SMILES string of the molecule is Cc1cc2c(cc1/C=N/NC(=O)c1ccccc1Cl)C(C)CC(C)(C)N2C(C)C. The van der Waals surface area contributed by atoms with Gasteiger partial charge >= 0.3 is 0 Å². The highest BCUT2D eigenvalue weighted by molar-refractivity contribution is 6.33. The summed E-state index contributed by atoms with van der Waals surface area (Å²) in [4.78, 5) is 14.8. The Morgan fingerprint density at radius 3 is 2.66 bits per heavy atom. The molecule has 1 aliphatic rings. The number of aryl methyl sites for hydroxylation is 1. The lowest BCUT2D eigenvalue weighted by Gasteiger charge is -2.50. The number of nitrogens with zero attached hydrogens (tertiary/aromatic N) is 2. The summed E-state index contributed by atoms with van der Waals surface area (Å²) in [5, 5.41) is 4.59. The topological polar surface area (TPSA) is 44.7 Å². The second-order valence-electron chi connectivity index (χ2n) is 8.83. The van der Waals surface area contributed by atoms with Crippen LogP contribution in [0.2, 0.25) is 5.02 Å². The number of halogens is 1. The predicted octanol–water partition coefficient (Wildman–Crippen LogP) is 5.91. The van der Waals surface area contributed by atoms with Crippen LogP contribution in [0.3, 0.4) is 0 Å². The Labute approximate surface area is 179 Å². The quantitative estimate of drug-likeness (QED) is 0.501. The van der Waals surface area contributed by atoms with Gasteiger partial charge in [-0.2, -0.15) is 5.10 Å². The van der Waals surface area contributed by atoms with E-state index in [1.165, 1.54) is 11.3 Å². The summed E-state index contributed by atoms with van der Waals surface area (Å²) in [5.74, 6) is 0.143. The molecule has 0 radical (unpaired) electrons. The van der Waals surface area contributed by atoms with E-state index in [4.69, 9.17) is 11.6 Å². The molecule has 1 heterocycles. The predicted molar refractivity (Wildman–Crippen MR) is 122 cm³/mol. The number of fused-ring (bicyclic) bond motifs is 1. The Kier molecular flexibility index (Phi) is 6.04. The van der Waals surface area contributed by atoms with Crippen molar-refractivity contribution in [3.8, 4) is 0 Å². The molecular formula is C24H30ClN3O. The van der Waals surface area contributed by atoms with E-state index in [0.717, 1.165) is 17.5 Å². The van der Waals surface area contributed by atoms with Crippen LogP contribution in [-0.4, -0.2) is 23.7 Å². The van der Waals surface area contributed by atoms with Gasteiger partial charge in [-0.3, -0.25) is 4.79 Å². The lowest BCUT2D eigenvalue weighted by Crippen LogP contribution is -2.51. The first kappa shape index (κ1) is 21.4. The van der Waals surface area contributed by atoms with Crippen molar-refractivity contribution in [3.05, 3.63) is 63.7 Å². The second kappa shape index (κ2) is 8.19. The number of hydrogen-bond acceptors (Lipinski definition) is 3. The molecule has 2 aromatic rings. The minimum atomic E-state index is -0.316. The van der Waals surface area contributed by atoms with Gasteiger partial charge in [-0.1, -0.05) is 30.7 Å². The van der Waals surface area contributed by atoms with Gasteiger partial charge in [0.15, 0.2) is 0 Å². The van der Waals surface area contributed by atoms with E-state index in [1.54, 1.807) is 30.5 Å². The zero-order chi connectivity index (χ0) is 21.3. The van der Waals surface area contributed by atoms with E-state index in [2.05, 4.69) is 69.1 Å². The molecule has 1 N–H and O–H groups in total. The molecule has 0 spiro atoms.